The molecular formula is C14H13FN2O3. The lowest BCUT2D eigenvalue weighted by atomic mass is 10.3. The molecule has 2 aromatic rings. The fraction of sp³-hybridized carbons (Fsp3) is 0.143. The maximum Gasteiger partial charge on any atom is 0.339 e. The number of nitrogens with two attached hydrogens (primary N) is 1. The van der Waals surface area contributed by atoms with Crippen molar-refractivity contribution in [1.29, 1.82) is 0 Å². The van der Waals surface area contributed by atoms with Gasteiger partial charge in [0.15, 0.2) is 0 Å². The Morgan fingerprint density at radius 1 is 1.35 bits per heavy atom. The standard InChI is InChI=1S/C14H13FN2O3/c1-2-19-14(18)9-3-6-13(17-8-9)20-10-4-5-12(16)11(15)7-10/h3-8H,2,16H2,1H3. The number of benzene rings is 1. The van der Waals surface area contributed by atoms with E-state index in [9.17, 15) is 9.18 Å². The second kappa shape index (κ2) is 6.01. The van der Waals surface area contributed by atoms with Crippen LogP contribution in [0.2, 0.25) is 0 Å². The maximum atomic E-state index is 13.3. The van der Waals surface area contributed by atoms with Crippen LogP contribution in [0.5, 0.6) is 11.6 Å². The fourth-order valence-electron chi connectivity index (χ4n) is 1.47. The van der Waals surface area contributed by atoms with Gasteiger partial charge in [-0.05, 0) is 25.1 Å². The molecule has 0 spiro atoms. The number of nitrogens with zero attached hydrogens (tertiary/aromatic N) is 1. The van der Waals surface area contributed by atoms with Crippen LogP contribution in [-0.2, 0) is 4.74 Å². The van der Waals surface area contributed by atoms with Gasteiger partial charge in [-0.1, -0.05) is 0 Å². The Hall–Kier alpha value is -2.63. The third kappa shape index (κ3) is 3.23. The number of nitrogen functional groups attached to an aromatic ring is 1. The molecule has 1 aromatic heterocycles. The van der Waals surface area contributed by atoms with Gasteiger partial charge in [0.05, 0.1) is 17.9 Å². The van der Waals surface area contributed by atoms with Crippen LogP contribution in [-0.4, -0.2) is 17.6 Å². The molecule has 6 heteroatoms. The van der Waals surface area contributed by atoms with Gasteiger partial charge in [0.1, 0.15) is 11.6 Å². The zero-order valence-corrected chi connectivity index (χ0v) is 10.8. The van der Waals surface area contributed by atoms with Crippen molar-refractivity contribution in [2.75, 3.05) is 12.3 Å². The number of halogens is 1. The van der Waals surface area contributed by atoms with Crippen LogP contribution in [0, 0.1) is 5.82 Å². The molecule has 0 aliphatic heterocycles. The number of esters is 1. The number of rotatable bonds is 4. The van der Waals surface area contributed by atoms with Crippen molar-refractivity contribution in [2.24, 2.45) is 0 Å². The normalized spacial score (nSPS) is 10.1. The first-order valence-corrected chi connectivity index (χ1v) is 5.96. The van der Waals surface area contributed by atoms with Gasteiger partial charge in [0.2, 0.25) is 5.88 Å². The average molecular weight is 276 g/mol. The molecule has 1 heterocycles. The topological polar surface area (TPSA) is 74.4 Å². The summed E-state index contributed by atoms with van der Waals surface area (Å²) >= 11 is 0. The molecule has 0 atom stereocenters. The van der Waals surface area contributed by atoms with Gasteiger partial charge in [-0.3, -0.25) is 0 Å². The van der Waals surface area contributed by atoms with E-state index in [2.05, 4.69) is 4.98 Å². The van der Waals surface area contributed by atoms with Gasteiger partial charge in [0.25, 0.3) is 0 Å². The third-order valence-corrected chi connectivity index (χ3v) is 2.44. The molecule has 20 heavy (non-hydrogen) atoms. The van der Waals surface area contributed by atoms with Gasteiger partial charge in [-0.15, -0.1) is 0 Å². The number of ether oxygens (including phenoxy) is 2. The molecule has 0 amide bonds. The molecule has 5 nitrogen and oxygen atoms in total. The Labute approximate surface area is 115 Å². The number of pyridine rings is 1. The zero-order chi connectivity index (χ0) is 14.5. The van der Waals surface area contributed by atoms with E-state index < -0.39 is 11.8 Å². The summed E-state index contributed by atoms with van der Waals surface area (Å²) in [5, 5.41) is 0. The monoisotopic (exact) mass is 276 g/mol. The number of carbonyl (C=O) groups is 1. The SMILES string of the molecule is CCOC(=O)c1ccc(Oc2ccc(N)c(F)c2)nc1. The highest BCUT2D eigenvalue weighted by Gasteiger charge is 2.08. The zero-order valence-electron chi connectivity index (χ0n) is 10.8. The molecule has 0 bridgehead atoms. The van der Waals surface area contributed by atoms with Gasteiger partial charge in [0, 0.05) is 18.3 Å². The Balaban J connectivity index is 2.10. The van der Waals surface area contributed by atoms with Crippen LogP contribution < -0.4 is 10.5 Å². The second-order valence-corrected chi connectivity index (χ2v) is 3.89. The molecule has 0 radical (unpaired) electrons. The first kappa shape index (κ1) is 13.8. The largest absolute Gasteiger partial charge is 0.462 e. The molecular weight excluding hydrogens is 263 g/mol. The molecule has 1 aromatic carbocycles. The lowest BCUT2D eigenvalue weighted by molar-refractivity contribution is 0.0526. The third-order valence-electron chi connectivity index (χ3n) is 2.44. The van der Waals surface area contributed by atoms with Crippen LogP contribution in [0.15, 0.2) is 36.5 Å². The number of aromatic nitrogens is 1. The first-order chi connectivity index (χ1) is 9.60. The van der Waals surface area contributed by atoms with E-state index in [-0.39, 0.29) is 17.3 Å². The van der Waals surface area contributed by atoms with E-state index in [0.29, 0.717) is 12.2 Å². The van der Waals surface area contributed by atoms with Gasteiger partial charge in [-0.2, -0.15) is 0 Å². The summed E-state index contributed by atoms with van der Waals surface area (Å²) in [5.41, 5.74) is 5.73. The second-order valence-electron chi connectivity index (χ2n) is 3.89. The van der Waals surface area contributed by atoms with Crippen LogP contribution >= 0.6 is 0 Å². The highest BCUT2D eigenvalue weighted by atomic mass is 19.1. The van der Waals surface area contributed by atoms with E-state index in [4.69, 9.17) is 15.2 Å². The number of anilines is 1. The molecule has 0 aliphatic rings. The van der Waals surface area contributed by atoms with Crippen molar-refractivity contribution in [3.63, 3.8) is 0 Å². The smallest absolute Gasteiger partial charge is 0.339 e. The summed E-state index contributed by atoms with van der Waals surface area (Å²) < 4.78 is 23.4. The van der Waals surface area contributed by atoms with Crippen molar-refractivity contribution in [1.82, 2.24) is 4.98 Å². The van der Waals surface area contributed by atoms with Crippen LogP contribution in [0.3, 0.4) is 0 Å². The summed E-state index contributed by atoms with van der Waals surface area (Å²) in [6.45, 7) is 2.01. The molecule has 0 aliphatic carbocycles. The van der Waals surface area contributed by atoms with E-state index in [1.807, 2.05) is 0 Å². The maximum absolute atomic E-state index is 13.3. The minimum atomic E-state index is -0.564. The first-order valence-electron chi connectivity index (χ1n) is 5.96. The molecule has 0 fully saturated rings. The summed E-state index contributed by atoms with van der Waals surface area (Å²) in [6.07, 6.45) is 1.33. The summed E-state index contributed by atoms with van der Waals surface area (Å²) in [5.74, 6) is -0.508. The predicted octanol–water partition coefficient (Wildman–Crippen LogP) is 2.77. The van der Waals surface area contributed by atoms with Crippen LogP contribution in [0.1, 0.15) is 17.3 Å². The Kier molecular flexibility index (Phi) is 4.14. The quantitative estimate of drug-likeness (QED) is 0.686. The molecule has 104 valence electrons. The van der Waals surface area contributed by atoms with E-state index in [1.165, 1.54) is 30.5 Å². The highest BCUT2D eigenvalue weighted by Crippen LogP contribution is 2.23. The number of hydrogen-bond acceptors (Lipinski definition) is 5. The minimum Gasteiger partial charge on any atom is -0.462 e. The fourth-order valence-corrected chi connectivity index (χ4v) is 1.47. The van der Waals surface area contributed by atoms with Crippen LogP contribution in [0.25, 0.3) is 0 Å². The molecule has 0 saturated heterocycles. The number of hydrogen-bond donors (Lipinski definition) is 1. The molecule has 0 saturated carbocycles. The van der Waals surface area contributed by atoms with Gasteiger partial charge >= 0.3 is 5.97 Å². The Bertz CT molecular complexity index is 614. The van der Waals surface area contributed by atoms with Crippen molar-refractivity contribution in [3.8, 4) is 11.6 Å². The lowest BCUT2D eigenvalue weighted by Gasteiger charge is -2.06. The Morgan fingerprint density at radius 2 is 2.15 bits per heavy atom. The van der Waals surface area contributed by atoms with Crippen LogP contribution in [0.4, 0.5) is 10.1 Å². The van der Waals surface area contributed by atoms with Crippen molar-refractivity contribution in [2.45, 2.75) is 6.92 Å². The lowest BCUT2D eigenvalue weighted by Crippen LogP contribution is -2.04. The molecule has 0 unspecified atom stereocenters. The summed E-state index contributed by atoms with van der Waals surface area (Å²) in [7, 11) is 0. The van der Waals surface area contributed by atoms with E-state index in [0.717, 1.165) is 6.07 Å². The van der Waals surface area contributed by atoms with Crippen molar-refractivity contribution >= 4 is 11.7 Å². The Morgan fingerprint density at radius 3 is 2.75 bits per heavy atom. The van der Waals surface area contributed by atoms with E-state index >= 15 is 0 Å². The van der Waals surface area contributed by atoms with E-state index in [1.54, 1.807) is 6.92 Å². The van der Waals surface area contributed by atoms with Crippen molar-refractivity contribution in [3.05, 3.63) is 47.9 Å². The summed E-state index contributed by atoms with van der Waals surface area (Å²) in [4.78, 5) is 15.4. The summed E-state index contributed by atoms with van der Waals surface area (Å²) in [6, 6.07) is 7.11. The van der Waals surface area contributed by atoms with Gasteiger partial charge in [-0.25, -0.2) is 14.2 Å². The minimum absolute atomic E-state index is 0.0444. The number of carbonyl (C=O) groups excluding carboxylic acids is 1. The highest BCUT2D eigenvalue weighted by molar-refractivity contribution is 5.89. The van der Waals surface area contributed by atoms with Crippen molar-refractivity contribution < 1.29 is 18.7 Å². The predicted molar refractivity (Wildman–Crippen MR) is 71.1 cm³/mol. The average Bonchev–Trinajstić information content (AvgIpc) is 2.44. The molecule has 2 rings (SSSR count). The molecule has 2 N–H and O–H groups in total. The van der Waals surface area contributed by atoms with Gasteiger partial charge < -0.3 is 15.2 Å².